The molecule has 0 radical (unpaired) electrons. The Morgan fingerprint density at radius 1 is 0.917 bits per heavy atom. The molecule has 0 amide bonds. The van der Waals surface area contributed by atoms with Gasteiger partial charge in [-0.3, -0.25) is 0 Å². The molecule has 2 rings (SSSR count). The number of halogens is 2. The lowest BCUT2D eigenvalue weighted by molar-refractivity contribution is -0.0877. The normalized spacial score (nSPS) is 27.5. The van der Waals surface area contributed by atoms with Crippen LogP contribution in [0.25, 0.3) is 0 Å². The highest BCUT2D eigenvalue weighted by Crippen LogP contribution is 2.49. The van der Waals surface area contributed by atoms with Crippen LogP contribution in [0.5, 0.6) is 0 Å². The SMILES string of the molecule is FC(F)(C1CCNCC1)C1CC1. The van der Waals surface area contributed by atoms with E-state index in [1.807, 2.05) is 0 Å². The van der Waals surface area contributed by atoms with Crippen LogP contribution in [-0.4, -0.2) is 19.0 Å². The minimum Gasteiger partial charge on any atom is -0.317 e. The van der Waals surface area contributed by atoms with Gasteiger partial charge in [-0.25, -0.2) is 8.78 Å². The zero-order valence-corrected chi connectivity index (χ0v) is 7.15. The van der Waals surface area contributed by atoms with E-state index in [0.29, 0.717) is 12.8 Å². The summed E-state index contributed by atoms with van der Waals surface area (Å²) in [6.45, 7) is 1.54. The molecule has 1 heterocycles. The van der Waals surface area contributed by atoms with E-state index in [1.54, 1.807) is 0 Å². The first-order valence-corrected chi connectivity index (χ1v) is 4.80. The Bertz CT molecular complexity index is 160. The van der Waals surface area contributed by atoms with E-state index in [1.165, 1.54) is 0 Å². The molecule has 0 bridgehead atoms. The summed E-state index contributed by atoms with van der Waals surface area (Å²) in [5.74, 6) is -2.98. The lowest BCUT2D eigenvalue weighted by atomic mass is 9.89. The van der Waals surface area contributed by atoms with Crippen molar-refractivity contribution in [1.82, 2.24) is 5.32 Å². The van der Waals surface area contributed by atoms with E-state index in [9.17, 15) is 8.78 Å². The van der Waals surface area contributed by atoms with Crippen molar-refractivity contribution in [2.24, 2.45) is 11.8 Å². The van der Waals surface area contributed by atoms with Crippen molar-refractivity contribution < 1.29 is 8.78 Å². The van der Waals surface area contributed by atoms with Crippen LogP contribution >= 0.6 is 0 Å². The molecule has 70 valence electrons. The van der Waals surface area contributed by atoms with Gasteiger partial charge in [0.2, 0.25) is 0 Å². The van der Waals surface area contributed by atoms with E-state index in [2.05, 4.69) is 5.32 Å². The average Bonchev–Trinajstić information content (AvgIpc) is 2.88. The van der Waals surface area contributed by atoms with Gasteiger partial charge in [0.25, 0.3) is 5.92 Å². The van der Waals surface area contributed by atoms with Gasteiger partial charge in [-0.2, -0.15) is 0 Å². The molecule has 1 N–H and O–H groups in total. The molecule has 1 nitrogen and oxygen atoms in total. The fourth-order valence-corrected chi connectivity index (χ4v) is 2.01. The third-order valence-corrected chi connectivity index (χ3v) is 3.01. The van der Waals surface area contributed by atoms with Crippen molar-refractivity contribution in [1.29, 1.82) is 0 Å². The molecule has 3 heteroatoms. The summed E-state index contributed by atoms with van der Waals surface area (Å²) in [5.41, 5.74) is 0. The number of piperidine rings is 1. The molecule has 0 aromatic carbocycles. The van der Waals surface area contributed by atoms with Crippen molar-refractivity contribution in [2.75, 3.05) is 13.1 Å². The number of nitrogens with one attached hydrogen (secondary N) is 1. The summed E-state index contributed by atoms with van der Waals surface area (Å²) in [4.78, 5) is 0. The highest BCUT2D eigenvalue weighted by Gasteiger charge is 2.51. The lowest BCUT2D eigenvalue weighted by Gasteiger charge is -2.30. The Kier molecular flexibility index (Phi) is 2.07. The fraction of sp³-hybridized carbons (Fsp3) is 1.00. The van der Waals surface area contributed by atoms with Crippen LogP contribution < -0.4 is 5.32 Å². The van der Waals surface area contributed by atoms with E-state index >= 15 is 0 Å². The molecule has 2 fully saturated rings. The number of hydrogen-bond acceptors (Lipinski definition) is 1. The Labute approximate surface area is 71.5 Å². The summed E-state index contributed by atoms with van der Waals surface area (Å²) >= 11 is 0. The van der Waals surface area contributed by atoms with Crippen LogP contribution in [-0.2, 0) is 0 Å². The highest BCUT2D eigenvalue weighted by molar-refractivity contribution is 4.93. The van der Waals surface area contributed by atoms with Crippen LogP contribution in [0.4, 0.5) is 8.78 Å². The minimum atomic E-state index is -2.36. The predicted octanol–water partition coefficient (Wildman–Crippen LogP) is 2.03. The monoisotopic (exact) mass is 175 g/mol. The van der Waals surface area contributed by atoms with Gasteiger partial charge in [0, 0.05) is 11.8 Å². The second-order valence-corrected chi connectivity index (χ2v) is 3.97. The molecule has 0 unspecified atom stereocenters. The maximum Gasteiger partial charge on any atom is 0.253 e. The van der Waals surface area contributed by atoms with Crippen LogP contribution in [0.3, 0.4) is 0 Å². The van der Waals surface area contributed by atoms with Crippen LogP contribution in [0, 0.1) is 11.8 Å². The lowest BCUT2D eigenvalue weighted by Crippen LogP contribution is -2.39. The number of hydrogen-bond donors (Lipinski definition) is 1. The molecule has 0 atom stereocenters. The first-order valence-electron chi connectivity index (χ1n) is 4.80. The van der Waals surface area contributed by atoms with Crippen LogP contribution in [0.1, 0.15) is 25.7 Å². The molecule has 0 aromatic rings. The average molecular weight is 175 g/mol. The quantitative estimate of drug-likeness (QED) is 0.677. The van der Waals surface area contributed by atoms with E-state index in [-0.39, 0.29) is 11.8 Å². The largest absolute Gasteiger partial charge is 0.317 e. The summed E-state index contributed by atoms with van der Waals surface area (Å²) in [7, 11) is 0. The second-order valence-electron chi connectivity index (χ2n) is 3.97. The standard InChI is InChI=1S/C9H15F2N/c10-9(11,7-1-2-7)8-3-5-12-6-4-8/h7-8,12H,1-6H2. The summed E-state index contributed by atoms with van der Waals surface area (Å²) in [6, 6.07) is 0. The Morgan fingerprint density at radius 3 is 1.92 bits per heavy atom. The van der Waals surface area contributed by atoms with E-state index < -0.39 is 5.92 Å². The molecule has 2 aliphatic rings. The molecule has 1 aliphatic heterocycles. The third-order valence-electron chi connectivity index (χ3n) is 3.01. The van der Waals surface area contributed by atoms with Gasteiger partial charge in [-0.15, -0.1) is 0 Å². The minimum absolute atomic E-state index is 0.277. The zero-order valence-electron chi connectivity index (χ0n) is 7.15. The van der Waals surface area contributed by atoms with Crippen molar-refractivity contribution in [3.63, 3.8) is 0 Å². The van der Waals surface area contributed by atoms with Gasteiger partial charge in [0.1, 0.15) is 0 Å². The van der Waals surface area contributed by atoms with Gasteiger partial charge >= 0.3 is 0 Å². The van der Waals surface area contributed by atoms with Crippen LogP contribution in [0.15, 0.2) is 0 Å². The molecule has 1 saturated carbocycles. The van der Waals surface area contributed by atoms with Gasteiger partial charge < -0.3 is 5.32 Å². The predicted molar refractivity (Wildman–Crippen MR) is 43.3 cm³/mol. The second kappa shape index (κ2) is 2.95. The van der Waals surface area contributed by atoms with Crippen molar-refractivity contribution in [3.8, 4) is 0 Å². The smallest absolute Gasteiger partial charge is 0.253 e. The zero-order chi connectivity index (χ0) is 8.60. The summed E-state index contributed by atoms with van der Waals surface area (Å²) in [6.07, 6.45) is 2.81. The van der Waals surface area contributed by atoms with Crippen molar-refractivity contribution in [2.45, 2.75) is 31.6 Å². The fourth-order valence-electron chi connectivity index (χ4n) is 2.01. The number of alkyl halides is 2. The van der Waals surface area contributed by atoms with Gasteiger partial charge in [-0.05, 0) is 38.8 Å². The Morgan fingerprint density at radius 2 is 1.42 bits per heavy atom. The molecular formula is C9H15F2N. The van der Waals surface area contributed by atoms with Crippen LogP contribution in [0.2, 0.25) is 0 Å². The number of rotatable bonds is 2. The van der Waals surface area contributed by atoms with E-state index in [0.717, 1.165) is 25.9 Å². The maximum absolute atomic E-state index is 13.5. The Hall–Kier alpha value is -0.180. The highest BCUT2D eigenvalue weighted by atomic mass is 19.3. The van der Waals surface area contributed by atoms with E-state index in [4.69, 9.17) is 0 Å². The molecule has 0 spiro atoms. The van der Waals surface area contributed by atoms with Gasteiger partial charge in [-0.1, -0.05) is 0 Å². The topological polar surface area (TPSA) is 12.0 Å². The summed E-state index contributed by atoms with van der Waals surface area (Å²) in [5, 5.41) is 3.11. The molecule has 0 aromatic heterocycles. The molecule has 1 saturated heterocycles. The maximum atomic E-state index is 13.5. The summed E-state index contributed by atoms with van der Waals surface area (Å²) < 4.78 is 26.9. The molecule has 1 aliphatic carbocycles. The Balaban J connectivity index is 1.95. The third kappa shape index (κ3) is 1.47. The first-order chi connectivity index (χ1) is 5.71. The first kappa shape index (κ1) is 8.42. The van der Waals surface area contributed by atoms with Crippen molar-refractivity contribution in [3.05, 3.63) is 0 Å². The molecular weight excluding hydrogens is 160 g/mol. The van der Waals surface area contributed by atoms with Gasteiger partial charge in [0.05, 0.1) is 0 Å². The molecule has 12 heavy (non-hydrogen) atoms. The van der Waals surface area contributed by atoms with Gasteiger partial charge in [0.15, 0.2) is 0 Å². The van der Waals surface area contributed by atoms with Crippen molar-refractivity contribution >= 4 is 0 Å².